The Balaban J connectivity index is 1.96. The van der Waals surface area contributed by atoms with Crippen LogP contribution in [0.4, 0.5) is 0 Å². The number of rotatable bonds is 7. The molecule has 0 saturated carbocycles. The van der Waals surface area contributed by atoms with Gasteiger partial charge in [-0.15, -0.1) is 11.8 Å². The first-order chi connectivity index (χ1) is 12.2. The second-order valence-electron chi connectivity index (χ2n) is 6.14. The Morgan fingerprint density at radius 3 is 2.62 bits per heavy atom. The minimum Gasteiger partial charge on any atom is -0.449 e. The molecule has 1 N–H and O–H groups in total. The molecule has 9 heteroatoms. The zero-order valence-corrected chi connectivity index (χ0v) is 16.2. The normalized spacial score (nSPS) is 19.5. The van der Waals surface area contributed by atoms with E-state index in [1.807, 2.05) is 0 Å². The van der Waals surface area contributed by atoms with Crippen LogP contribution in [0.5, 0.6) is 0 Å². The number of thioether (sulfide) groups is 1. The summed E-state index contributed by atoms with van der Waals surface area (Å²) in [6, 6.07) is 6.24. The highest BCUT2D eigenvalue weighted by molar-refractivity contribution is 8.00. The molecule has 26 heavy (non-hydrogen) atoms. The van der Waals surface area contributed by atoms with Gasteiger partial charge < -0.3 is 10.1 Å². The summed E-state index contributed by atoms with van der Waals surface area (Å²) >= 11 is 1.23. The number of carbonyl (C=O) groups is 3. The summed E-state index contributed by atoms with van der Waals surface area (Å²) in [6.07, 6.45) is -0.698. The van der Waals surface area contributed by atoms with Gasteiger partial charge in [0, 0.05) is 10.9 Å². The van der Waals surface area contributed by atoms with Gasteiger partial charge in [-0.25, -0.2) is 13.2 Å². The van der Waals surface area contributed by atoms with Gasteiger partial charge in [0.05, 0.1) is 22.8 Å². The van der Waals surface area contributed by atoms with E-state index in [0.29, 0.717) is 11.3 Å². The van der Waals surface area contributed by atoms with Gasteiger partial charge in [-0.3, -0.25) is 9.59 Å². The molecule has 1 saturated heterocycles. The first-order valence-corrected chi connectivity index (χ1v) is 10.9. The zero-order chi connectivity index (χ0) is 19.3. The molecule has 2 rings (SSSR count). The lowest BCUT2D eigenvalue weighted by molar-refractivity contribution is -0.129. The van der Waals surface area contributed by atoms with E-state index in [9.17, 15) is 22.8 Å². The summed E-state index contributed by atoms with van der Waals surface area (Å²) in [5.41, 5.74) is 0.279. The molecule has 2 atom stereocenters. The minimum atomic E-state index is -3.10. The van der Waals surface area contributed by atoms with Crippen molar-refractivity contribution in [2.75, 3.05) is 17.3 Å². The van der Waals surface area contributed by atoms with Crippen LogP contribution in [0.25, 0.3) is 0 Å². The molecule has 0 aromatic heterocycles. The van der Waals surface area contributed by atoms with Crippen molar-refractivity contribution in [2.45, 2.75) is 37.3 Å². The third-order valence-corrected chi connectivity index (χ3v) is 6.76. The van der Waals surface area contributed by atoms with E-state index in [4.69, 9.17) is 4.74 Å². The first kappa shape index (κ1) is 20.4. The Labute approximate surface area is 156 Å². The van der Waals surface area contributed by atoms with Crippen LogP contribution in [0.3, 0.4) is 0 Å². The van der Waals surface area contributed by atoms with E-state index in [-0.39, 0.29) is 28.6 Å². The van der Waals surface area contributed by atoms with E-state index < -0.39 is 33.9 Å². The molecular formula is C17H21NO6S2. The first-order valence-electron chi connectivity index (χ1n) is 8.11. The summed E-state index contributed by atoms with van der Waals surface area (Å²) in [7, 11) is -3.10. The van der Waals surface area contributed by atoms with Gasteiger partial charge in [0.25, 0.3) is 5.91 Å². The number of carbonyl (C=O) groups excluding carboxylic acids is 3. The van der Waals surface area contributed by atoms with Crippen molar-refractivity contribution in [3.63, 3.8) is 0 Å². The third-order valence-electron chi connectivity index (χ3n) is 3.77. The van der Waals surface area contributed by atoms with Gasteiger partial charge >= 0.3 is 5.97 Å². The fourth-order valence-corrected chi connectivity index (χ4v) is 4.96. The van der Waals surface area contributed by atoms with E-state index in [0.717, 1.165) is 0 Å². The maximum atomic E-state index is 12.4. The number of hydrogen-bond acceptors (Lipinski definition) is 7. The summed E-state index contributed by atoms with van der Waals surface area (Å²) in [5, 5.41) is 2.60. The fraction of sp³-hybridized carbons (Fsp3) is 0.471. The quantitative estimate of drug-likeness (QED) is 0.543. The minimum absolute atomic E-state index is 0.0163. The highest BCUT2D eigenvalue weighted by Crippen LogP contribution is 2.23. The van der Waals surface area contributed by atoms with Crippen LogP contribution in [-0.2, 0) is 24.2 Å². The van der Waals surface area contributed by atoms with Crippen molar-refractivity contribution < 1.29 is 27.5 Å². The van der Waals surface area contributed by atoms with Gasteiger partial charge in [0.15, 0.2) is 15.9 Å². The van der Waals surface area contributed by atoms with Crippen molar-refractivity contribution in [3.05, 3.63) is 29.8 Å². The standard InChI is InChI=1S/C17H21NO6S2/c1-11(19)9-25-15-6-4-3-5-14(15)17(21)24-12(2)16(20)18-13-7-8-26(22,23)10-13/h3-6,12-13H,7-10H2,1-2H3,(H,18,20)/t12-,13-/m1/s1. The van der Waals surface area contributed by atoms with Crippen LogP contribution in [0.15, 0.2) is 29.2 Å². The summed E-state index contributed by atoms with van der Waals surface area (Å²) in [5.74, 6) is -1.03. The van der Waals surface area contributed by atoms with Crippen molar-refractivity contribution in [1.29, 1.82) is 0 Å². The number of nitrogens with one attached hydrogen (secondary N) is 1. The molecule has 1 fully saturated rings. The van der Waals surface area contributed by atoms with Gasteiger partial charge in [0.2, 0.25) is 0 Å². The molecule has 0 radical (unpaired) electrons. The van der Waals surface area contributed by atoms with E-state index >= 15 is 0 Å². The van der Waals surface area contributed by atoms with E-state index in [1.54, 1.807) is 24.3 Å². The Morgan fingerprint density at radius 2 is 2.00 bits per heavy atom. The lowest BCUT2D eigenvalue weighted by Crippen LogP contribution is -2.42. The molecule has 7 nitrogen and oxygen atoms in total. The lowest BCUT2D eigenvalue weighted by Gasteiger charge is -2.17. The molecule has 1 aliphatic heterocycles. The van der Waals surface area contributed by atoms with Crippen LogP contribution in [0.2, 0.25) is 0 Å². The highest BCUT2D eigenvalue weighted by Gasteiger charge is 2.31. The van der Waals surface area contributed by atoms with Crippen LogP contribution in [-0.4, -0.2) is 55.5 Å². The van der Waals surface area contributed by atoms with Crippen molar-refractivity contribution in [3.8, 4) is 0 Å². The average molecular weight is 399 g/mol. The number of ether oxygens (including phenoxy) is 1. The highest BCUT2D eigenvalue weighted by atomic mass is 32.2. The molecular weight excluding hydrogens is 378 g/mol. The predicted octanol–water partition coefficient (Wildman–Crippen LogP) is 1.22. The van der Waals surface area contributed by atoms with Crippen molar-refractivity contribution >= 4 is 39.3 Å². The van der Waals surface area contributed by atoms with Crippen LogP contribution < -0.4 is 5.32 Å². The number of Topliss-reactive ketones (excluding diaryl/α,β-unsaturated/α-hetero) is 1. The molecule has 1 aromatic rings. The second-order valence-corrected chi connectivity index (χ2v) is 9.39. The summed E-state index contributed by atoms with van der Waals surface area (Å²) in [4.78, 5) is 36.3. The predicted molar refractivity (Wildman–Crippen MR) is 97.9 cm³/mol. The molecule has 0 aliphatic carbocycles. The topological polar surface area (TPSA) is 107 Å². The average Bonchev–Trinajstić information content (AvgIpc) is 2.91. The van der Waals surface area contributed by atoms with E-state index in [2.05, 4.69) is 5.32 Å². The largest absolute Gasteiger partial charge is 0.449 e. The zero-order valence-electron chi connectivity index (χ0n) is 14.6. The molecule has 0 unspecified atom stereocenters. The molecule has 1 amide bonds. The Bertz CT molecular complexity index is 805. The SMILES string of the molecule is CC(=O)CSc1ccccc1C(=O)O[C@H](C)C(=O)N[C@@H]1CCS(=O)(=O)C1. The number of amides is 1. The Kier molecular flexibility index (Phi) is 6.82. The van der Waals surface area contributed by atoms with Crippen LogP contribution in [0, 0.1) is 0 Å². The summed E-state index contributed by atoms with van der Waals surface area (Å²) in [6.45, 7) is 2.89. The monoisotopic (exact) mass is 399 g/mol. The number of benzene rings is 1. The van der Waals surface area contributed by atoms with E-state index in [1.165, 1.54) is 25.6 Å². The van der Waals surface area contributed by atoms with Crippen LogP contribution >= 0.6 is 11.8 Å². The Hall–Kier alpha value is -1.87. The van der Waals surface area contributed by atoms with Crippen molar-refractivity contribution in [2.24, 2.45) is 0 Å². The van der Waals surface area contributed by atoms with Crippen LogP contribution in [0.1, 0.15) is 30.6 Å². The molecule has 1 heterocycles. The molecule has 1 aliphatic rings. The fourth-order valence-electron chi connectivity index (χ4n) is 2.45. The smallest absolute Gasteiger partial charge is 0.340 e. The Morgan fingerprint density at radius 1 is 1.31 bits per heavy atom. The lowest BCUT2D eigenvalue weighted by atomic mass is 10.2. The molecule has 0 bridgehead atoms. The van der Waals surface area contributed by atoms with Gasteiger partial charge in [-0.2, -0.15) is 0 Å². The van der Waals surface area contributed by atoms with Crippen molar-refractivity contribution in [1.82, 2.24) is 5.32 Å². The number of sulfone groups is 1. The number of esters is 1. The maximum absolute atomic E-state index is 12.4. The number of ketones is 1. The van der Waals surface area contributed by atoms with Gasteiger partial charge in [-0.05, 0) is 32.4 Å². The molecule has 1 aromatic carbocycles. The number of hydrogen-bond donors (Lipinski definition) is 1. The second kappa shape index (κ2) is 8.68. The van der Waals surface area contributed by atoms with Gasteiger partial charge in [-0.1, -0.05) is 12.1 Å². The van der Waals surface area contributed by atoms with Gasteiger partial charge in [0.1, 0.15) is 5.78 Å². The maximum Gasteiger partial charge on any atom is 0.340 e. The molecule has 0 spiro atoms. The third kappa shape index (κ3) is 5.84. The summed E-state index contributed by atoms with van der Waals surface area (Å²) < 4.78 is 28.1. The molecule has 142 valence electrons.